The third-order valence-electron chi connectivity index (χ3n) is 2.88. The summed E-state index contributed by atoms with van der Waals surface area (Å²) in [5, 5.41) is 9.81. The van der Waals surface area contributed by atoms with Gasteiger partial charge in [0.1, 0.15) is 0 Å². The van der Waals surface area contributed by atoms with Gasteiger partial charge in [-0.05, 0) is 42.1 Å². The van der Waals surface area contributed by atoms with Crippen LogP contribution in [0.5, 0.6) is 0 Å². The number of aliphatic hydroxyl groups is 1. The smallest absolute Gasteiger partial charge is 0.205 e. The fraction of sp³-hybridized carbons (Fsp3) is 0.600. The molecule has 0 fully saturated rings. The summed E-state index contributed by atoms with van der Waals surface area (Å²) in [4.78, 5) is 0. The Balaban J connectivity index is 3.17. The molecule has 0 spiro atoms. The van der Waals surface area contributed by atoms with E-state index < -0.39 is 9.04 Å². The minimum atomic E-state index is -0.812. The number of benzene rings is 1. The van der Waals surface area contributed by atoms with Crippen molar-refractivity contribution in [3.05, 3.63) is 34.3 Å². The molecule has 1 aromatic carbocycles. The predicted molar refractivity (Wildman–Crippen MR) is 83.0 cm³/mol. The zero-order valence-electron chi connectivity index (χ0n) is 12.5. The highest BCUT2D eigenvalue weighted by atomic mass is 35.5. The fourth-order valence-corrected chi connectivity index (χ4v) is 3.19. The number of hydrogen-bond acceptors (Lipinski definition) is 2. The molecule has 4 heteroatoms. The lowest BCUT2D eigenvalue weighted by Crippen LogP contribution is -2.26. The summed E-state index contributed by atoms with van der Waals surface area (Å²) in [6.45, 7) is 10.9. The molecule has 2 nitrogen and oxygen atoms in total. The predicted octanol–water partition coefficient (Wildman–Crippen LogP) is 4.23. The van der Waals surface area contributed by atoms with Crippen molar-refractivity contribution in [1.82, 2.24) is 0 Å². The van der Waals surface area contributed by atoms with E-state index in [9.17, 15) is 0 Å². The zero-order chi connectivity index (χ0) is 14.6. The van der Waals surface area contributed by atoms with Gasteiger partial charge in [-0.3, -0.25) is 0 Å². The van der Waals surface area contributed by atoms with Gasteiger partial charge in [0.05, 0.1) is 6.10 Å². The summed E-state index contributed by atoms with van der Waals surface area (Å²) in [6.07, 6.45) is 0.638. The van der Waals surface area contributed by atoms with Gasteiger partial charge >= 0.3 is 0 Å². The fourth-order valence-electron chi connectivity index (χ4n) is 2.02. The standard InChI is InChI=1S/C15H24ClO2Si/c1-15(2,3)14(18-19(4)5)12-10-11(8-9-17)6-7-13(12)16/h6-7,10,14,17H,8-9H2,1-5H3. The van der Waals surface area contributed by atoms with E-state index in [-0.39, 0.29) is 18.1 Å². The van der Waals surface area contributed by atoms with E-state index >= 15 is 0 Å². The molecule has 0 amide bonds. The molecule has 0 aliphatic heterocycles. The Labute approximate surface area is 123 Å². The van der Waals surface area contributed by atoms with Crippen LogP contribution in [0.15, 0.2) is 18.2 Å². The van der Waals surface area contributed by atoms with Crippen LogP contribution < -0.4 is 0 Å². The molecule has 1 aromatic rings. The van der Waals surface area contributed by atoms with Crippen LogP contribution in [0.2, 0.25) is 18.1 Å². The second kappa shape index (κ2) is 6.89. The second-order valence-corrected chi connectivity index (χ2v) is 8.56. The molecule has 1 unspecified atom stereocenters. The maximum absolute atomic E-state index is 9.06. The van der Waals surface area contributed by atoms with Gasteiger partial charge in [0, 0.05) is 11.6 Å². The molecule has 1 rings (SSSR count). The normalized spacial score (nSPS) is 13.9. The van der Waals surface area contributed by atoms with E-state index in [0.29, 0.717) is 6.42 Å². The van der Waals surface area contributed by atoms with Crippen molar-refractivity contribution < 1.29 is 9.53 Å². The van der Waals surface area contributed by atoms with Crippen LogP contribution >= 0.6 is 11.6 Å². The highest BCUT2D eigenvalue weighted by Gasteiger charge is 2.29. The van der Waals surface area contributed by atoms with Gasteiger partial charge in [0.2, 0.25) is 9.04 Å². The highest BCUT2D eigenvalue weighted by molar-refractivity contribution is 6.48. The topological polar surface area (TPSA) is 29.5 Å². The lowest BCUT2D eigenvalue weighted by atomic mass is 9.84. The van der Waals surface area contributed by atoms with Crippen molar-refractivity contribution in [1.29, 1.82) is 0 Å². The Bertz CT molecular complexity index is 413. The third kappa shape index (κ3) is 4.92. The molecule has 0 bridgehead atoms. The van der Waals surface area contributed by atoms with Gasteiger partial charge in [0.15, 0.2) is 0 Å². The first-order valence-electron chi connectivity index (χ1n) is 6.61. The van der Waals surface area contributed by atoms with Gasteiger partial charge in [-0.2, -0.15) is 0 Å². The molecule has 0 saturated carbocycles. The Kier molecular flexibility index (Phi) is 6.05. The van der Waals surface area contributed by atoms with Crippen molar-refractivity contribution in [3.63, 3.8) is 0 Å². The van der Waals surface area contributed by atoms with Gasteiger partial charge in [-0.1, -0.05) is 44.5 Å². The van der Waals surface area contributed by atoms with Gasteiger partial charge in [0.25, 0.3) is 0 Å². The van der Waals surface area contributed by atoms with Crippen molar-refractivity contribution in [2.24, 2.45) is 5.41 Å². The first-order valence-corrected chi connectivity index (χ1v) is 9.40. The molecule has 19 heavy (non-hydrogen) atoms. The summed E-state index contributed by atoms with van der Waals surface area (Å²) in [6, 6.07) is 5.94. The van der Waals surface area contributed by atoms with Crippen LogP contribution in [0.3, 0.4) is 0 Å². The molecule has 0 saturated heterocycles. The van der Waals surface area contributed by atoms with Gasteiger partial charge in [-0.15, -0.1) is 0 Å². The second-order valence-electron chi connectivity index (χ2n) is 6.10. The molecule has 0 aromatic heterocycles. The molecule has 1 atom stereocenters. The van der Waals surface area contributed by atoms with Crippen molar-refractivity contribution >= 4 is 20.6 Å². The monoisotopic (exact) mass is 299 g/mol. The summed E-state index contributed by atoms with van der Waals surface area (Å²) in [5.41, 5.74) is 2.12. The number of rotatable bonds is 5. The molecular weight excluding hydrogens is 276 g/mol. The number of hydrogen-bond donors (Lipinski definition) is 1. The first-order chi connectivity index (χ1) is 8.75. The average Bonchev–Trinajstić information content (AvgIpc) is 2.27. The van der Waals surface area contributed by atoms with Gasteiger partial charge < -0.3 is 9.53 Å². The molecule has 1 N–H and O–H groups in total. The molecule has 0 aliphatic carbocycles. The molecular formula is C15H24ClO2Si. The molecule has 1 radical (unpaired) electrons. The highest BCUT2D eigenvalue weighted by Crippen LogP contribution is 2.40. The van der Waals surface area contributed by atoms with Gasteiger partial charge in [-0.25, -0.2) is 0 Å². The third-order valence-corrected chi connectivity index (χ3v) is 3.93. The van der Waals surface area contributed by atoms with E-state index in [2.05, 4.69) is 39.9 Å². The summed E-state index contributed by atoms with van der Waals surface area (Å²) in [7, 11) is -0.812. The Morgan fingerprint density at radius 2 is 1.95 bits per heavy atom. The van der Waals surface area contributed by atoms with E-state index in [4.69, 9.17) is 21.1 Å². The summed E-state index contributed by atoms with van der Waals surface area (Å²) < 4.78 is 6.17. The van der Waals surface area contributed by atoms with E-state index in [1.807, 2.05) is 12.1 Å². The maximum Gasteiger partial charge on any atom is 0.205 e. The van der Waals surface area contributed by atoms with Crippen LogP contribution in [0.1, 0.15) is 38.0 Å². The number of halogens is 1. The average molecular weight is 300 g/mol. The van der Waals surface area contributed by atoms with E-state index in [1.165, 1.54) is 0 Å². The minimum absolute atomic E-state index is 0.0105. The van der Waals surface area contributed by atoms with Crippen LogP contribution in [0.25, 0.3) is 0 Å². The zero-order valence-corrected chi connectivity index (χ0v) is 14.2. The summed E-state index contributed by atoms with van der Waals surface area (Å²) in [5.74, 6) is 0. The van der Waals surface area contributed by atoms with E-state index in [0.717, 1.165) is 16.1 Å². The van der Waals surface area contributed by atoms with Crippen molar-refractivity contribution in [3.8, 4) is 0 Å². The quantitative estimate of drug-likeness (QED) is 0.825. The van der Waals surface area contributed by atoms with Crippen LogP contribution in [0.4, 0.5) is 0 Å². The Hall–Kier alpha value is -0.353. The van der Waals surface area contributed by atoms with Crippen LogP contribution in [-0.4, -0.2) is 20.8 Å². The first kappa shape index (κ1) is 16.7. The number of aliphatic hydroxyl groups excluding tert-OH is 1. The Morgan fingerprint density at radius 1 is 1.32 bits per heavy atom. The summed E-state index contributed by atoms with van der Waals surface area (Å²) >= 11 is 6.35. The van der Waals surface area contributed by atoms with Crippen LogP contribution in [-0.2, 0) is 10.8 Å². The van der Waals surface area contributed by atoms with Crippen molar-refractivity contribution in [2.45, 2.75) is 46.4 Å². The lowest BCUT2D eigenvalue weighted by molar-refractivity contribution is 0.0866. The minimum Gasteiger partial charge on any atom is -0.410 e. The maximum atomic E-state index is 9.06. The van der Waals surface area contributed by atoms with E-state index in [1.54, 1.807) is 0 Å². The van der Waals surface area contributed by atoms with Crippen LogP contribution in [0, 0.1) is 5.41 Å². The largest absolute Gasteiger partial charge is 0.410 e. The SMILES string of the molecule is C[Si](C)OC(c1cc(CCO)ccc1Cl)C(C)(C)C. The lowest BCUT2D eigenvalue weighted by Gasteiger charge is -2.33. The molecule has 0 aliphatic rings. The Morgan fingerprint density at radius 3 is 2.42 bits per heavy atom. The van der Waals surface area contributed by atoms with Crippen molar-refractivity contribution in [2.75, 3.05) is 6.61 Å². The molecule has 0 heterocycles. The molecule has 107 valence electrons.